The Morgan fingerprint density at radius 3 is 2.20 bits per heavy atom. The maximum Gasteiger partial charge on any atom is 0.119 e. The monoisotopic (exact) mass is 274 g/mol. The zero-order chi connectivity index (χ0) is 13.6. The Labute approximate surface area is 122 Å². The minimum atomic E-state index is 0.333. The number of ether oxygens (including phenoxy) is 2. The van der Waals surface area contributed by atoms with Crippen molar-refractivity contribution in [3.63, 3.8) is 0 Å². The second-order valence-electron chi connectivity index (χ2n) is 6.24. The largest absolute Gasteiger partial charge is 0.490 e. The summed E-state index contributed by atoms with van der Waals surface area (Å²) in [6.45, 7) is 0. The minimum Gasteiger partial charge on any atom is -0.490 e. The fourth-order valence-corrected chi connectivity index (χ4v) is 3.50. The first-order chi connectivity index (χ1) is 9.90. The van der Waals surface area contributed by atoms with E-state index in [2.05, 4.69) is 0 Å². The van der Waals surface area contributed by atoms with Crippen LogP contribution in [0.25, 0.3) is 0 Å². The van der Waals surface area contributed by atoms with Crippen LogP contribution in [0.1, 0.15) is 57.8 Å². The van der Waals surface area contributed by atoms with Gasteiger partial charge in [-0.3, -0.25) is 0 Å². The first-order valence-corrected chi connectivity index (χ1v) is 8.27. The van der Waals surface area contributed by atoms with Crippen LogP contribution in [-0.4, -0.2) is 18.3 Å². The average molecular weight is 274 g/mol. The van der Waals surface area contributed by atoms with Crippen LogP contribution in [0, 0.1) is 0 Å². The molecule has 0 N–H and O–H groups in total. The van der Waals surface area contributed by atoms with Crippen molar-refractivity contribution >= 4 is 0 Å². The van der Waals surface area contributed by atoms with Gasteiger partial charge in [-0.25, -0.2) is 0 Å². The molecule has 3 rings (SSSR count). The first-order valence-electron chi connectivity index (χ1n) is 8.27. The number of benzene rings is 1. The molecular formula is C18H26O2. The van der Waals surface area contributed by atoms with Crippen LogP contribution in [0.4, 0.5) is 0 Å². The van der Waals surface area contributed by atoms with Gasteiger partial charge < -0.3 is 9.47 Å². The summed E-state index contributed by atoms with van der Waals surface area (Å²) in [6.07, 6.45) is 12.6. The maximum absolute atomic E-state index is 6.32. The van der Waals surface area contributed by atoms with Crippen LogP contribution >= 0.6 is 0 Å². The Hall–Kier alpha value is -1.02. The van der Waals surface area contributed by atoms with Gasteiger partial charge in [-0.2, -0.15) is 0 Å². The summed E-state index contributed by atoms with van der Waals surface area (Å²) < 4.78 is 12.4. The molecule has 0 saturated heterocycles. The first kappa shape index (κ1) is 13.9. The molecule has 20 heavy (non-hydrogen) atoms. The third-order valence-electron chi connectivity index (χ3n) is 4.56. The average Bonchev–Trinajstić information content (AvgIpc) is 2.50. The number of hydrogen-bond donors (Lipinski definition) is 0. The van der Waals surface area contributed by atoms with E-state index in [1.165, 1.54) is 51.4 Å². The predicted molar refractivity (Wildman–Crippen MR) is 81.1 cm³/mol. The highest BCUT2D eigenvalue weighted by atomic mass is 16.5. The fourth-order valence-electron chi connectivity index (χ4n) is 3.50. The smallest absolute Gasteiger partial charge is 0.119 e. The summed E-state index contributed by atoms with van der Waals surface area (Å²) in [7, 11) is 0. The molecule has 2 fully saturated rings. The van der Waals surface area contributed by atoms with Gasteiger partial charge in [-0.05, 0) is 44.2 Å². The van der Waals surface area contributed by atoms with E-state index in [0.29, 0.717) is 18.3 Å². The second kappa shape index (κ2) is 7.12. The molecule has 1 aromatic carbocycles. The van der Waals surface area contributed by atoms with Crippen molar-refractivity contribution in [1.82, 2.24) is 0 Å². The third kappa shape index (κ3) is 3.99. The molecule has 0 heterocycles. The molecule has 0 aromatic heterocycles. The van der Waals surface area contributed by atoms with Gasteiger partial charge in [0.15, 0.2) is 0 Å². The lowest BCUT2D eigenvalue weighted by Gasteiger charge is -2.33. The van der Waals surface area contributed by atoms with E-state index in [4.69, 9.17) is 9.47 Å². The van der Waals surface area contributed by atoms with Crippen molar-refractivity contribution in [1.29, 1.82) is 0 Å². The van der Waals surface area contributed by atoms with E-state index in [9.17, 15) is 0 Å². The van der Waals surface area contributed by atoms with Gasteiger partial charge in [-0.1, -0.05) is 37.5 Å². The Kier molecular flexibility index (Phi) is 4.96. The molecule has 0 radical (unpaired) electrons. The molecule has 0 bridgehead atoms. The quantitative estimate of drug-likeness (QED) is 0.790. The van der Waals surface area contributed by atoms with Gasteiger partial charge in [0, 0.05) is 6.42 Å². The highest BCUT2D eigenvalue weighted by Gasteiger charge is 2.26. The Morgan fingerprint density at radius 2 is 1.40 bits per heavy atom. The van der Waals surface area contributed by atoms with Crippen LogP contribution in [0.5, 0.6) is 5.75 Å². The van der Waals surface area contributed by atoms with Crippen LogP contribution in [0.3, 0.4) is 0 Å². The maximum atomic E-state index is 6.32. The molecule has 2 heteroatoms. The molecule has 0 amide bonds. The fraction of sp³-hybridized carbons (Fsp3) is 0.667. The highest BCUT2D eigenvalue weighted by Crippen LogP contribution is 2.29. The van der Waals surface area contributed by atoms with Gasteiger partial charge in [0.05, 0.1) is 12.2 Å². The molecule has 2 unspecified atom stereocenters. The molecule has 0 spiro atoms. The zero-order valence-electron chi connectivity index (χ0n) is 12.3. The standard InChI is InChI=1S/C18H26O2/c1-3-8-15(9-4-1)19-17-12-7-13-18(14-17)20-16-10-5-2-6-11-16/h1,3-4,8-9,16-18H,2,5-7,10-14H2. The number of rotatable bonds is 4. The zero-order valence-corrected chi connectivity index (χ0v) is 12.3. The van der Waals surface area contributed by atoms with Gasteiger partial charge in [0.25, 0.3) is 0 Å². The van der Waals surface area contributed by atoms with E-state index < -0.39 is 0 Å². The molecule has 2 atom stereocenters. The lowest BCUT2D eigenvalue weighted by molar-refractivity contribution is -0.0639. The SMILES string of the molecule is c1ccc(OC2CCCC(OC3CCCCC3)C2)cc1. The van der Waals surface area contributed by atoms with Crippen LogP contribution in [-0.2, 0) is 4.74 Å². The van der Waals surface area contributed by atoms with Crippen molar-refractivity contribution in [2.75, 3.05) is 0 Å². The van der Waals surface area contributed by atoms with Gasteiger partial charge in [0.2, 0.25) is 0 Å². The molecule has 2 saturated carbocycles. The summed E-state index contributed by atoms with van der Waals surface area (Å²) in [5.41, 5.74) is 0. The topological polar surface area (TPSA) is 18.5 Å². The molecular weight excluding hydrogens is 248 g/mol. The van der Waals surface area contributed by atoms with Gasteiger partial charge in [-0.15, -0.1) is 0 Å². The molecule has 2 nitrogen and oxygen atoms in total. The summed E-state index contributed by atoms with van der Waals surface area (Å²) in [5.74, 6) is 0.996. The van der Waals surface area contributed by atoms with Crippen molar-refractivity contribution in [3.05, 3.63) is 30.3 Å². The lowest BCUT2D eigenvalue weighted by atomic mass is 9.93. The Bertz CT molecular complexity index is 384. The molecule has 2 aliphatic rings. The molecule has 1 aromatic rings. The van der Waals surface area contributed by atoms with Crippen LogP contribution in [0.15, 0.2) is 30.3 Å². The summed E-state index contributed by atoms with van der Waals surface area (Å²) >= 11 is 0. The highest BCUT2D eigenvalue weighted by molar-refractivity contribution is 5.21. The van der Waals surface area contributed by atoms with E-state index in [0.717, 1.165) is 12.2 Å². The summed E-state index contributed by atoms with van der Waals surface area (Å²) in [6, 6.07) is 10.2. The third-order valence-corrected chi connectivity index (χ3v) is 4.56. The molecule has 110 valence electrons. The molecule has 0 aliphatic heterocycles. The van der Waals surface area contributed by atoms with Crippen molar-refractivity contribution in [2.24, 2.45) is 0 Å². The van der Waals surface area contributed by atoms with Crippen molar-refractivity contribution < 1.29 is 9.47 Å². The minimum absolute atomic E-state index is 0.333. The second-order valence-corrected chi connectivity index (χ2v) is 6.24. The van der Waals surface area contributed by atoms with Crippen molar-refractivity contribution in [2.45, 2.75) is 76.1 Å². The van der Waals surface area contributed by atoms with E-state index in [1.807, 2.05) is 30.3 Å². The van der Waals surface area contributed by atoms with Crippen molar-refractivity contribution in [3.8, 4) is 5.75 Å². The van der Waals surface area contributed by atoms with E-state index in [1.54, 1.807) is 0 Å². The van der Waals surface area contributed by atoms with E-state index >= 15 is 0 Å². The lowest BCUT2D eigenvalue weighted by Crippen LogP contribution is -2.33. The van der Waals surface area contributed by atoms with Gasteiger partial charge >= 0.3 is 0 Å². The number of hydrogen-bond acceptors (Lipinski definition) is 2. The van der Waals surface area contributed by atoms with Crippen LogP contribution < -0.4 is 4.74 Å². The predicted octanol–water partition coefficient (Wildman–Crippen LogP) is 4.73. The summed E-state index contributed by atoms with van der Waals surface area (Å²) in [4.78, 5) is 0. The van der Waals surface area contributed by atoms with Gasteiger partial charge in [0.1, 0.15) is 11.9 Å². The van der Waals surface area contributed by atoms with Crippen LogP contribution in [0.2, 0.25) is 0 Å². The Balaban J connectivity index is 1.48. The normalized spacial score (nSPS) is 28.2. The molecule has 2 aliphatic carbocycles. The summed E-state index contributed by atoms with van der Waals surface area (Å²) in [5, 5.41) is 0. The Morgan fingerprint density at radius 1 is 0.700 bits per heavy atom. The van der Waals surface area contributed by atoms with E-state index in [-0.39, 0.29) is 0 Å². The number of para-hydroxylation sites is 1.